The summed E-state index contributed by atoms with van der Waals surface area (Å²) in [5.41, 5.74) is 1.99. The van der Waals surface area contributed by atoms with Crippen LogP contribution >= 0.6 is 0 Å². The van der Waals surface area contributed by atoms with Crippen molar-refractivity contribution in [2.75, 3.05) is 14.1 Å². The number of carbonyl (C=O) groups is 1. The lowest BCUT2D eigenvalue weighted by Gasteiger charge is -2.34. The van der Waals surface area contributed by atoms with E-state index >= 15 is 0 Å². The van der Waals surface area contributed by atoms with E-state index in [1.807, 2.05) is 38.1 Å². The Balaban J connectivity index is 1.91. The molecule has 4 nitrogen and oxygen atoms in total. The van der Waals surface area contributed by atoms with E-state index in [1.54, 1.807) is 6.20 Å². The lowest BCUT2D eigenvalue weighted by Crippen LogP contribution is -2.43. The van der Waals surface area contributed by atoms with Gasteiger partial charge in [0.15, 0.2) is 0 Å². The standard InChI is InChI=1S/C16H25N3O/c1-12-5-4-10-18-15(12)11-16(20)19(3)14-8-6-13(17-2)7-9-14/h4-5,10,13-14,17H,6-9,11H2,1-3H3. The van der Waals surface area contributed by atoms with Gasteiger partial charge in [0.25, 0.3) is 0 Å². The summed E-state index contributed by atoms with van der Waals surface area (Å²) >= 11 is 0. The Labute approximate surface area is 121 Å². The molecule has 1 heterocycles. The molecule has 20 heavy (non-hydrogen) atoms. The fourth-order valence-corrected chi connectivity index (χ4v) is 2.93. The topological polar surface area (TPSA) is 45.2 Å². The molecule has 2 rings (SSSR count). The van der Waals surface area contributed by atoms with Gasteiger partial charge in [0.2, 0.25) is 5.91 Å². The minimum absolute atomic E-state index is 0.180. The fourth-order valence-electron chi connectivity index (χ4n) is 2.93. The summed E-state index contributed by atoms with van der Waals surface area (Å²) in [7, 11) is 3.95. The number of amides is 1. The normalized spacial score (nSPS) is 22.6. The zero-order chi connectivity index (χ0) is 14.5. The number of aryl methyl sites for hydroxylation is 1. The monoisotopic (exact) mass is 275 g/mol. The Morgan fingerprint density at radius 2 is 2.10 bits per heavy atom. The van der Waals surface area contributed by atoms with Crippen molar-refractivity contribution in [3.8, 4) is 0 Å². The van der Waals surface area contributed by atoms with E-state index in [9.17, 15) is 4.79 Å². The molecule has 0 aromatic carbocycles. The molecule has 1 fully saturated rings. The Hall–Kier alpha value is -1.42. The quantitative estimate of drug-likeness (QED) is 0.913. The average Bonchev–Trinajstić information content (AvgIpc) is 2.49. The van der Waals surface area contributed by atoms with Crippen molar-refractivity contribution >= 4 is 5.91 Å². The number of hydrogen-bond acceptors (Lipinski definition) is 3. The van der Waals surface area contributed by atoms with Crippen molar-refractivity contribution in [1.29, 1.82) is 0 Å². The molecule has 110 valence electrons. The van der Waals surface area contributed by atoms with Crippen LogP contribution in [0.1, 0.15) is 36.9 Å². The third kappa shape index (κ3) is 3.57. The predicted octanol–water partition coefficient (Wildman–Crippen LogP) is 1.92. The van der Waals surface area contributed by atoms with Gasteiger partial charge in [0, 0.05) is 25.3 Å². The number of likely N-dealkylation sites (N-methyl/N-ethyl adjacent to an activating group) is 1. The summed E-state index contributed by atoms with van der Waals surface area (Å²) < 4.78 is 0. The van der Waals surface area contributed by atoms with Gasteiger partial charge in [-0.25, -0.2) is 0 Å². The second-order valence-corrected chi connectivity index (χ2v) is 5.74. The van der Waals surface area contributed by atoms with E-state index in [1.165, 1.54) is 0 Å². The maximum absolute atomic E-state index is 12.4. The molecule has 0 radical (unpaired) electrons. The Bertz CT molecular complexity index is 453. The van der Waals surface area contributed by atoms with Gasteiger partial charge in [-0.3, -0.25) is 9.78 Å². The van der Waals surface area contributed by atoms with E-state index < -0.39 is 0 Å². The van der Waals surface area contributed by atoms with Crippen LogP contribution in [0.2, 0.25) is 0 Å². The van der Waals surface area contributed by atoms with Crippen LogP contribution in [0, 0.1) is 6.92 Å². The molecule has 1 aliphatic rings. The van der Waals surface area contributed by atoms with Gasteiger partial charge in [0.05, 0.1) is 12.1 Å². The minimum atomic E-state index is 0.180. The maximum Gasteiger partial charge on any atom is 0.228 e. The zero-order valence-electron chi connectivity index (χ0n) is 12.7. The molecular weight excluding hydrogens is 250 g/mol. The Morgan fingerprint density at radius 1 is 1.40 bits per heavy atom. The third-order valence-corrected chi connectivity index (χ3v) is 4.48. The first-order chi connectivity index (χ1) is 9.61. The van der Waals surface area contributed by atoms with E-state index in [-0.39, 0.29) is 5.91 Å². The summed E-state index contributed by atoms with van der Waals surface area (Å²) in [4.78, 5) is 18.6. The molecule has 1 aliphatic carbocycles. The first-order valence-electron chi connectivity index (χ1n) is 7.45. The van der Waals surface area contributed by atoms with E-state index in [4.69, 9.17) is 0 Å². The number of hydrogen-bond donors (Lipinski definition) is 1. The van der Waals surface area contributed by atoms with Crippen LogP contribution in [0.5, 0.6) is 0 Å². The number of pyridine rings is 1. The summed E-state index contributed by atoms with van der Waals surface area (Å²) in [5.74, 6) is 0.180. The van der Waals surface area contributed by atoms with Gasteiger partial charge in [0.1, 0.15) is 0 Å². The van der Waals surface area contributed by atoms with E-state index in [2.05, 4.69) is 10.3 Å². The minimum Gasteiger partial charge on any atom is -0.342 e. The van der Waals surface area contributed by atoms with Crippen LogP contribution in [0.25, 0.3) is 0 Å². The average molecular weight is 275 g/mol. The molecule has 0 unspecified atom stereocenters. The van der Waals surface area contributed by atoms with Gasteiger partial charge in [-0.15, -0.1) is 0 Å². The third-order valence-electron chi connectivity index (χ3n) is 4.48. The number of carbonyl (C=O) groups excluding carboxylic acids is 1. The van der Waals surface area contributed by atoms with Crippen molar-refractivity contribution in [3.63, 3.8) is 0 Å². The maximum atomic E-state index is 12.4. The Morgan fingerprint density at radius 3 is 2.70 bits per heavy atom. The van der Waals surface area contributed by atoms with Crippen molar-refractivity contribution in [1.82, 2.24) is 15.2 Å². The summed E-state index contributed by atoms with van der Waals surface area (Å²) in [5, 5.41) is 3.33. The van der Waals surface area contributed by atoms with Crippen molar-refractivity contribution in [2.45, 2.75) is 51.1 Å². The summed E-state index contributed by atoms with van der Waals surface area (Å²) in [6.07, 6.45) is 6.66. The lowest BCUT2D eigenvalue weighted by molar-refractivity contribution is -0.132. The van der Waals surface area contributed by atoms with Crippen molar-refractivity contribution < 1.29 is 4.79 Å². The zero-order valence-corrected chi connectivity index (χ0v) is 12.7. The highest BCUT2D eigenvalue weighted by Crippen LogP contribution is 2.22. The summed E-state index contributed by atoms with van der Waals surface area (Å²) in [6, 6.07) is 4.92. The van der Waals surface area contributed by atoms with Crippen LogP contribution < -0.4 is 5.32 Å². The molecule has 1 aromatic heterocycles. The molecule has 0 saturated heterocycles. The first kappa shape index (κ1) is 15.0. The molecule has 0 aliphatic heterocycles. The largest absolute Gasteiger partial charge is 0.342 e. The van der Waals surface area contributed by atoms with Gasteiger partial charge < -0.3 is 10.2 Å². The predicted molar refractivity (Wildman–Crippen MR) is 80.6 cm³/mol. The molecule has 4 heteroatoms. The van der Waals surface area contributed by atoms with Crippen LogP contribution in [0.4, 0.5) is 0 Å². The molecule has 0 atom stereocenters. The fraction of sp³-hybridized carbons (Fsp3) is 0.625. The molecular formula is C16H25N3O. The van der Waals surface area contributed by atoms with Crippen LogP contribution in [-0.4, -0.2) is 42.0 Å². The van der Waals surface area contributed by atoms with Gasteiger partial charge in [-0.05, 0) is 51.3 Å². The van der Waals surface area contributed by atoms with E-state index in [0.717, 1.165) is 36.9 Å². The van der Waals surface area contributed by atoms with Crippen LogP contribution in [0.15, 0.2) is 18.3 Å². The number of nitrogens with zero attached hydrogens (tertiary/aromatic N) is 2. The molecule has 1 saturated carbocycles. The van der Waals surface area contributed by atoms with Gasteiger partial charge >= 0.3 is 0 Å². The van der Waals surface area contributed by atoms with E-state index in [0.29, 0.717) is 18.5 Å². The number of nitrogens with one attached hydrogen (secondary N) is 1. The molecule has 0 spiro atoms. The lowest BCUT2D eigenvalue weighted by atomic mass is 9.90. The molecule has 1 amide bonds. The van der Waals surface area contributed by atoms with Gasteiger partial charge in [-0.2, -0.15) is 0 Å². The number of rotatable bonds is 4. The highest BCUT2D eigenvalue weighted by molar-refractivity contribution is 5.78. The van der Waals surface area contributed by atoms with Gasteiger partial charge in [-0.1, -0.05) is 6.07 Å². The highest BCUT2D eigenvalue weighted by Gasteiger charge is 2.26. The first-order valence-corrected chi connectivity index (χ1v) is 7.45. The molecule has 0 bridgehead atoms. The van der Waals surface area contributed by atoms with Crippen LogP contribution in [-0.2, 0) is 11.2 Å². The van der Waals surface area contributed by atoms with Crippen LogP contribution in [0.3, 0.4) is 0 Å². The van der Waals surface area contributed by atoms with Crippen molar-refractivity contribution in [2.24, 2.45) is 0 Å². The second kappa shape index (κ2) is 6.84. The molecule has 1 N–H and O–H groups in total. The molecule has 1 aromatic rings. The van der Waals surface area contributed by atoms with Crippen molar-refractivity contribution in [3.05, 3.63) is 29.6 Å². The second-order valence-electron chi connectivity index (χ2n) is 5.74. The summed E-state index contributed by atoms with van der Waals surface area (Å²) in [6.45, 7) is 2.01. The highest BCUT2D eigenvalue weighted by atomic mass is 16.2. The Kier molecular flexibility index (Phi) is 5.12. The number of aromatic nitrogens is 1. The smallest absolute Gasteiger partial charge is 0.228 e. The SMILES string of the molecule is CNC1CCC(N(C)C(=O)Cc2ncccc2C)CC1.